The van der Waals surface area contributed by atoms with E-state index in [1.54, 1.807) is 6.07 Å². The van der Waals surface area contributed by atoms with E-state index in [0.29, 0.717) is 12.2 Å². The van der Waals surface area contributed by atoms with E-state index >= 15 is 0 Å². The molecular weight excluding hydrogens is 248 g/mol. The zero-order valence-electron chi connectivity index (χ0n) is 9.74. The van der Waals surface area contributed by atoms with Crippen LogP contribution in [0.1, 0.15) is 25.5 Å². The van der Waals surface area contributed by atoms with Crippen LogP contribution in [0.5, 0.6) is 0 Å². The number of morpholine rings is 1. The third-order valence-corrected chi connectivity index (χ3v) is 2.80. The molecule has 1 aliphatic heterocycles. The topological polar surface area (TPSA) is 21.3 Å². The van der Waals surface area contributed by atoms with Crippen molar-refractivity contribution in [3.05, 3.63) is 35.4 Å². The number of nitrogens with one attached hydrogen (secondary N) is 1. The monoisotopic (exact) mass is 263 g/mol. The van der Waals surface area contributed by atoms with Crippen molar-refractivity contribution in [3.8, 4) is 0 Å². The van der Waals surface area contributed by atoms with Gasteiger partial charge in [0.25, 0.3) is 0 Å². The van der Waals surface area contributed by atoms with Crippen molar-refractivity contribution < 1.29 is 13.5 Å². The Morgan fingerprint density at radius 1 is 1.24 bits per heavy atom. The van der Waals surface area contributed by atoms with E-state index < -0.39 is 11.6 Å². The lowest BCUT2D eigenvalue weighted by Gasteiger charge is -2.34. The zero-order valence-corrected chi connectivity index (χ0v) is 10.6. The van der Waals surface area contributed by atoms with Gasteiger partial charge in [0.05, 0.1) is 12.7 Å². The molecule has 0 bridgehead atoms. The van der Waals surface area contributed by atoms with Gasteiger partial charge in [-0.1, -0.05) is 6.07 Å². The molecule has 1 N–H and O–H groups in total. The molecule has 0 radical (unpaired) electrons. The summed E-state index contributed by atoms with van der Waals surface area (Å²) in [5, 5.41) is 3.32. The summed E-state index contributed by atoms with van der Waals surface area (Å²) in [5.41, 5.74) is 0.672. The molecule has 1 aliphatic rings. The van der Waals surface area contributed by atoms with Gasteiger partial charge in [-0.2, -0.15) is 0 Å². The van der Waals surface area contributed by atoms with Gasteiger partial charge < -0.3 is 10.1 Å². The second-order valence-electron chi connectivity index (χ2n) is 4.28. The number of rotatable bonds is 1. The van der Waals surface area contributed by atoms with Gasteiger partial charge in [-0.3, -0.25) is 0 Å². The minimum Gasteiger partial charge on any atom is -0.370 e. The van der Waals surface area contributed by atoms with E-state index in [9.17, 15) is 8.78 Å². The van der Waals surface area contributed by atoms with E-state index in [4.69, 9.17) is 4.74 Å². The molecule has 1 fully saturated rings. The van der Waals surface area contributed by atoms with Gasteiger partial charge in [0.1, 0.15) is 0 Å². The highest BCUT2D eigenvalue weighted by Crippen LogP contribution is 2.26. The lowest BCUT2D eigenvalue weighted by molar-refractivity contribution is -0.0208. The van der Waals surface area contributed by atoms with Gasteiger partial charge in [-0.05, 0) is 31.5 Å². The molecule has 2 rings (SSSR count). The minimum absolute atomic E-state index is 0. The summed E-state index contributed by atoms with van der Waals surface area (Å²) < 4.78 is 31.5. The fourth-order valence-corrected chi connectivity index (χ4v) is 2.05. The van der Waals surface area contributed by atoms with Crippen molar-refractivity contribution in [3.63, 3.8) is 0 Å². The zero-order chi connectivity index (χ0) is 11.7. The number of hydrogen-bond donors (Lipinski definition) is 1. The highest BCUT2D eigenvalue weighted by molar-refractivity contribution is 5.85. The van der Waals surface area contributed by atoms with Crippen LogP contribution in [0.3, 0.4) is 0 Å². The molecule has 0 aliphatic carbocycles. The van der Waals surface area contributed by atoms with Crippen LogP contribution in [0.15, 0.2) is 18.2 Å². The largest absolute Gasteiger partial charge is 0.370 e. The second-order valence-corrected chi connectivity index (χ2v) is 4.28. The summed E-state index contributed by atoms with van der Waals surface area (Å²) in [6.45, 7) is 4.58. The maximum atomic E-state index is 13.1. The Kier molecular flexibility index (Phi) is 4.86. The smallest absolute Gasteiger partial charge is 0.159 e. The van der Waals surface area contributed by atoms with Crippen LogP contribution in [0, 0.1) is 11.6 Å². The lowest BCUT2D eigenvalue weighted by Crippen LogP contribution is -2.47. The molecule has 5 heteroatoms. The maximum absolute atomic E-state index is 13.1. The van der Waals surface area contributed by atoms with Crippen molar-refractivity contribution in [1.82, 2.24) is 5.32 Å². The third kappa shape index (κ3) is 3.15. The summed E-state index contributed by atoms with van der Waals surface area (Å²) >= 11 is 0. The Hall–Kier alpha value is -0.710. The Morgan fingerprint density at radius 2 is 1.94 bits per heavy atom. The molecule has 0 aromatic heterocycles. The van der Waals surface area contributed by atoms with Gasteiger partial charge in [-0.25, -0.2) is 8.78 Å². The van der Waals surface area contributed by atoms with Crippen LogP contribution in [-0.2, 0) is 4.74 Å². The molecular formula is C12H16ClF2NO. The number of halogens is 3. The SMILES string of the molecule is CC1N[C@@H](C)COC1c1ccc(F)c(F)c1.Cl. The predicted molar refractivity (Wildman–Crippen MR) is 64.4 cm³/mol. The fraction of sp³-hybridized carbons (Fsp3) is 0.500. The maximum Gasteiger partial charge on any atom is 0.159 e. The van der Waals surface area contributed by atoms with Crippen molar-refractivity contribution in [2.24, 2.45) is 0 Å². The molecule has 1 heterocycles. The first-order chi connectivity index (χ1) is 7.58. The van der Waals surface area contributed by atoms with Crippen LogP contribution in [-0.4, -0.2) is 18.7 Å². The molecule has 1 aromatic carbocycles. The Morgan fingerprint density at radius 3 is 2.53 bits per heavy atom. The number of hydrogen-bond acceptors (Lipinski definition) is 2. The Bertz CT molecular complexity index is 389. The van der Waals surface area contributed by atoms with Crippen molar-refractivity contribution in [2.45, 2.75) is 32.0 Å². The first-order valence-electron chi connectivity index (χ1n) is 5.40. The van der Waals surface area contributed by atoms with E-state index in [0.717, 1.165) is 6.07 Å². The van der Waals surface area contributed by atoms with E-state index in [1.165, 1.54) is 6.07 Å². The summed E-state index contributed by atoms with van der Waals surface area (Å²) in [6, 6.07) is 4.29. The molecule has 96 valence electrons. The third-order valence-electron chi connectivity index (χ3n) is 2.80. The van der Waals surface area contributed by atoms with Crippen LogP contribution in [0.4, 0.5) is 8.78 Å². The van der Waals surface area contributed by atoms with Crippen molar-refractivity contribution in [2.75, 3.05) is 6.61 Å². The number of ether oxygens (including phenoxy) is 1. The van der Waals surface area contributed by atoms with Gasteiger partial charge in [0.15, 0.2) is 11.6 Å². The first-order valence-corrected chi connectivity index (χ1v) is 5.40. The number of benzene rings is 1. The molecule has 0 amide bonds. The summed E-state index contributed by atoms with van der Waals surface area (Å²) in [4.78, 5) is 0. The standard InChI is InChI=1S/C12H15F2NO.ClH/c1-7-6-16-12(8(2)15-7)9-3-4-10(13)11(14)5-9;/h3-5,7-8,12,15H,6H2,1-2H3;1H/t7-,8?,12?;/m0./s1. The van der Waals surface area contributed by atoms with E-state index in [2.05, 4.69) is 5.32 Å². The highest BCUT2D eigenvalue weighted by Gasteiger charge is 2.27. The van der Waals surface area contributed by atoms with E-state index in [1.807, 2.05) is 13.8 Å². The normalized spacial score (nSPS) is 28.6. The Balaban J connectivity index is 0.00000144. The highest BCUT2D eigenvalue weighted by atomic mass is 35.5. The lowest BCUT2D eigenvalue weighted by atomic mass is 10.0. The molecule has 2 unspecified atom stereocenters. The van der Waals surface area contributed by atoms with Gasteiger partial charge in [0.2, 0.25) is 0 Å². The van der Waals surface area contributed by atoms with Crippen LogP contribution < -0.4 is 5.32 Å². The van der Waals surface area contributed by atoms with Crippen molar-refractivity contribution >= 4 is 12.4 Å². The first kappa shape index (κ1) is 14.4. The van der Waals surface area contributed by atoms with Crippen LogP contribution in [0.2, 0.25) is 0 Å². The van der Waals surface area contributed by atoms with Gasteiger partial charge in [-0.15, -0.1) is 12.4 Å². The average Bonchev–Trinajstić information content (AvgIpc) is 2.22. The summed E-state index contributed by atoms with van der Waals surface area (Å²) in [7, 11) is 0. The molecule has 2 nitrogen and oxygen atoms in total. The molecule has 0 spiro atoms. The summed E-state index contributed by atoms with van der Waals surface area (Å²) in [5.74, 6) is -1.65. The summed E-state index contributed by atoms with van der Waals surface area (Å²) in [6.07, 6.45) is -0.216. The van der Waals surface area contributed by atoms with Gasteiger partial charge >= 0.3 is 0 Å². The van der Waals surface area contributed by atoms with Gasteiger partial charge in [0, 0.05) is 12.1 Å². The average molecular weight is 264 g/mol. The fourth-order valence-electron chi connectivity index (χ4n) is 2.05. The second kappa shape index (κ2) is 5.76. The predicted octanol–water partition coefficient (Wildman–Crippen LogP) is 2.82. The quantitative estimate of drug-likeness (QED) is 0.841. The van der Waals surface area contributed by atoms with Crippen LogP contribution >= 0.6 is 12.4 Å². The van der Waals surface area contributed by atoms with E-state index in [-0.39, 0.29) is 30.6 Å². The molecule has 3 atom stereocenters. The van der Waals surface area contributed by atoms with Crippen LogP contribution in [0.25, 0.3) is 0 Å². The molecule has 1 aromatic rings. The Labute approximate surface area is 106 Å². The minimum atomic E-state index is -0.827. The molecule has 1 saturated heterocycles. The molecule has 0 saturated carbocycles. The van der Waals surface area contributed by atoms with Crippen molar-refractivity contribution in [1.29, 1.82) is 0 Å². The molecule has 17 heavy (non-hydrogen) atoms.